The lowest BCUT2D eigenvalue weighted by Gasteiger charge is -2.32. The number of nitrogens with two attached hydrogens (primary N) is 1. The second kappa shape index (κ2) is 5.30. The van der Waals surface area contributed by atoms with Crippen LogP contribution >= 0.6 is 11.3 Å². The molecule has 2 N–H and O–H groups in total. The van der Waals surface area contributed by atoms with E-state index in [1.54, 1.807) is 11.3 Å². The summed E-state index contributed by atoms with van der Waals surface area (Å²) in [6.07, 6.45) is 2.73. The van der Waals surface area contributed by atoms with Gasteiger partial charge in [0.15, 0.2) is 0 Å². The third kappa shape index (κ3) is 2.84. The van der Waals surface area contributed by atoms with Crippen LogP contribution in [0.1, 0.15) is 32.3 Å². The lowest BCUT2D eigenvalue weighted by Crippen LogP contribution is -2.41. The van der Waals surface area contributed by atoms with Gasteiger partial charge in [0.05, 0.1) is 0 Å². The molecule has 1 saturated carbocycles. The van der Waals surface area contributed by atoms with E-state index in [1.165, 1.54) is 18.4 Å². The van der Waals surface area contributed by atoms with Crippen LogP contribution in [0.4, 0.5) is 0 Å². The highest BCUT2D eigenvalue weighted by Gasteiger charge is 2.33. The van der Waals surface area contributed by atoms with Crippen molar-refractivity contribution >= 4 is 11.3 Å². The van der Waals surface area contributed by atoms with Crippen LogP contribution in [0.2, 0.25) is 0 Å². The molecule has 1 aliphatic rings. The van der Waals surface area contributed by atoms with Crippen LogP contribution in [0.25, 0.3) is 0 Å². The Morgan fingerprint density at radius 3 is 2.75 bits per heavy atom. The molecule has 1 aromatic heterocycles. The summed E-state index contributed by atoms with van der Waals surface area (Å²) < 4.78 is 0. The fourth-order valence-electron chi connectivity index (χ4n) is 2.13. The predicted molar refractivity (Wildman–Crippen MR) is 70.6 cm³/mol. The Balaban J connectivity index is 1.99. The Bertz CT molecular complexity index is 306. The first-order chi connectivity index (χ1) is 7.72. The summed E-state index contributed by atoms with van der Waals surface area (Å²) in [6.45, 7) is 6.46. The second-order valence-corrected chi connectivity index (χ2v) is 5.77. The van der Waals surface area contributed by atoms with Crippen LogP contribution in [-0.2, 0) is 6.54 Å². The van der Waals surface area contributed by atoms with Crippen molar-refractivity contribution in [2.24, 2.45) is 11.7 Å². The number of thiophene rings is 1. The molecule has 1 heterocycles. The molecule has 16 heavy (non-hydrogen) atoms. The van der Waals surface area contributed by atoms with Gasteiger partial charge in [-0.25, -0.2) is 0 Å². The van der Waals surface area contributed by atoms with Gasteiger partial charge < -0.3 is 5.73 Å². The van der Waals surface area contributed by atoms with Gasteiger partial charge in [0.1, 0.15) is 0 Å². The highest BCUT2D eigenvalue weighted by atomic mass is 32.1. The van der Waals surface area contributed by atoms with Gasteiger partial charge >= 0.3 is 0 Å². The van der Waals surface area contributed by atoms with Crippen molar-refractivity contribution in [2.75, 3.05) is 6.54 Å². The highest BCUT2D eigenvalue weighted by molar-refractivity contribution is 7.07. The van der Waals surface area contributed by atoms with E-state index in [0.29, 0.717) is 12.0 Å². The molecule has 0 bridgehead atoms. The highest BCUT2D eigenvalue weighted by Crippen LogP contribution is 2.32. The summed E-state index contributed by atoms with van der Waals surface area (Å²) in [4.78, 5) is 2.64. The SMILES string of the molecule is CC(CN)C(C)N(Cc1ccsc1)C1CC1. The molecule has 0 spiro atoms. The lowest BCUT2D eigenvalue weighted by atomic mass is 10.0. The first-order valence-corrected chi connectivity index (χ1v) is 7.13. The molecule has 2 unspecified atom stereocenters. The molecule has 3 heteroatoms. The first-order valence-electron chi connectivity index (χ1n) is 6.19. The van der Waals surface area contributed by atoms with E-state index < -0.39 is 0 Å². The minimum Gasteiger partial charge on any atom is -0.330 e. The second-order valence-electron chi connectivity index (χ2n) is 4.99. The average molecular weight is 238 g/mol. The van der Waals surface area contributed by atoms with E-state index in [-0.39, 0.29) is 0 Å². The van der Waals surface area contributed by atoms with E-state index in [1.807, 2.05) is 0 Å². The van der Waals surface area contributed by atoms with E-state index >= 15 is 0 Å². The fraction of sp³-hybridized carbons (Fsp3) is 0.692. The lowest BCUT2D eigenvalue weighted by molar-refractivity contribution is 0.146. The van der Waals surface area contributed by atoms with Crippen molar-refractivity contribution in [1.29, 1.82) is 0 Å². The Kier molecular flexibility index (Phi) is 4.00. The molecular weight excluding hydrogens is 216 g/mol. The van der Waals surface area contributed by atoms with E-state index in [4.69, 9.17) is 5.73 Å². The molecule has 0 aliphatic heterocycles. The largest absolute Gasteiger partial charge is 0.330 e. The molecule has 2 nitrogen and oxygen atoms in total. The minimum absolute atomic E-state index is 0.583. The van der Waals surface area contributed by atoms with Crippen molar-refractivity contribution in [3.63, 3.8) is 0 Å². The third-order valence-corrected chi connectivity index (χ3v) is 4.41. The molecule has 0 saturated heterocycles. The monoisotopic (exact) mass is 238 g/mol. The predicted octanol–water partition coefficient (Wildman–Crippen LogP) is 2.70. The zero-order valence-electron chi connectivity index (χ0n) is 10.2. The molecule has 90 valence electrons. The maximum atomic E-state index is 5.78. The van der Waals surface area contributed by atoms with Gasteiger partial charge in [-0.3, -0.25) is 4.90 Å². The summed E-state index contributed by atoms with van der Waals surface area (Å²) in [6, 6.07) is 3.64. The molecule has 1 aromatic rings. The van der Waals surface area contributed by atoms with Crippen LogP contribution in [0.3, 0.4) is 0 Å². The maximum absolute atomic E-state index is 5.78. The standard InChI is InChI=1S/C13H22N2S/c1-10(7-14)11(2)15(13-3-4-13)8-12-5-6-16-9-12/h5-6,9-11,13H,3-4,7-8,14H2,1-2H3. The van der Waals surface area contributed by atoms with Gasteiger partial charge in [-0.15, -0.1) is 0 Å². The van der Waals surface area contributed by atoms with Crippen molar-refractivity contribution in [3.8, 4) is 0 Å². The quantitative estimate of drug-likeness (QED) is 0.825. The normalized spacial score (nSPS) is 20.0. The number of rotatable bonds is 6. The Labute approximate surface area is 102 Å². The number of hydrogen-bond acceptors (Lipinski definition) is 3. The summed E-state index contributed by atoms with van der Waals surface area (Å²) in [5.41, 5.74) is 7.23. The van der Waals surface area contributed by atoms with Crippen LogP contribution in [0, 0.1) is 5.92 Å². The molecule has 1 aliphatic carbocycles. The molecule has 0 amide bonds. The number of hydrogen-bond donors (Lipinski definition) is 1. The zero-order chi connectivity index (χ0) is 11.5. The van der Waals surface area contributed by atoms with E-state index in [2.05, 4.69) is 35.6 Å². The summed E-state index contributed by atoms with van der Waals surface area (Å²) in [5.74, 6) is 0.583. The topological polar surface area (TPSA) is 29.3 Å². The average Bonchev–Trinajstić information content (AvgIpc) is 3.01. The molecule has 0 radical (unpaired) electrons. The molecule has 2 rings (SSSR count). The molecular formula is C13H22N2S. The van der Waals surface area contributed by atoms with Crippen molar-refractivity contribution in [3.05, 3.63) is 22.4 Å². The third-order valence-electron chi connectivity index (χ3n) is 3.68. The summed E-state index contributed by atoms with van der Waals surface area (Å²) in [5, 5.41) is 4.42. The Morgan fingerprint density at radius 2 is 2.25 bits per heavy atom. The van der Waals surface area contributed by atoms with Crippen molar-refractivity contribution < 1.29 is 0 Å². The van der Waals surface area contributed by atoms with Gasteiger partial charge in [-0.1, -0.05) is 6.92 Å². The van der Waals surface area contributed by atoms with Crippen molar-refractivity contribution in [2.45, 2.75) is 45.3 Å². The molecule has 2 atom stereocenters. The number of nitrogens with zero attached hydrogens (tertiary/aromatic N) is 1. The van der Waals surface area contributed by atoms with Crippen LogP contribution in [0.15, 0.2) is 16.8 Å². The van der Waals surface area contributed by atoms with Gasteiger partial charge in [0.2, 0.25) is 0 Å². The van der Waals surface area contributed by atoms with E-state index in [0.717, 1.165) is 19.1 Å². The summed E-state index contributed by atoms with van der Waals surface area (Å²) >= 11 is 1.79. The first kappa shape index (κ1) is 12.1. The van der Waals surface area contributed by atoms with Gasteiger partial charge in [-0.2, -0.15) is 11.3 Å². The Morgan fingerprint density at radius 1 is 1.50 bits per heavy atom. The Hall–Kier alpha value is -0.380. The van der Waals surface area contributed by atoms with Crippen molar-refractivity contribution in [1.82, 2.24) is 4.90 Å². The summed E-state index contributed by atoms with van der Waals surface area (Å²) in [7, 11) is 0. The smallest absolute Gasteiger partial charge is 0.0247 e. The van der Waals surface area contributed by atoms with Gasteiger partial charge in [-0.05, 0) is 54.6 Å². The van der Waals surface area contributed by atoms with Crippen LogP contribution in [0.5, 0.6) is 0 Å². The molecule has 0 aromatic carbocycles. The van der Waals surface area contributed by atoms with E-state index in [9.17, 15) is 0 Å². The minimum atomic E-state index is 0.583. The fourth-order valence-corrected chi connectivity index (χ4v) is 2.79. The molecule has 1 fully saturated rings. The van der Waals surface area contributed by atoms with Crippen LogP contribution < -0.4 is 5.73 Å². The van der Waals surface area contributed by atoms with Gasteiger partial charge in [0.25, 0.3) is 0 Å². The zero-order valence-corrected chi connectivity index (χ0v) is 11.0. The van der Waals surface area contributed by atoms with Crippen LogP contribution in [-0.4, -0.2) is 23.5 Å². The maximum Gasteiger partial charge on any atom is 0.0247 e. The van der Waals surface area contributed by atoms with Gasteiger partial charge in [0, 0.05) is 18.6 Å².